The van der Waals surface area contributed by atoms with Gasteiger partial charge in [0.05, 0.1) is 0 Å². The molecule has 0 aliphatic rings. The van der Waals surface area contributed by atoms with Gasteiger partial charge in [0.15, 0.2) is 0 Å². The number of carbonyl (C=O) groups excluding carboxylic acids is 1. The second kappa shape index (κ2) is 8.91. The van der Waals surface area contributed by atoms with Gasteiger partial charge in [0.25, 0.3) is 0 Å². The Kier molecular flexibility index (Phi) is 16.8. The third-order valence-corrected chi connectivity index (χ3v) is 0.0589. The van der Waals surface area contributed by atoms with E-state index in [1.54, 1.807) is 5.43 Å². The van der Waals surface area contributed by atoms with Crippen molar-refractivity contribution in [2.24, 2.45) is 5.84 Å². The number of hydrogen-bond acceptors (Lipinski definition) is 2. The molecule has 0 aliphatic carbocycles. The summed E-state index contributed by atoms with van der Waals surface area (Å²) in [5, 5.41) is 0. The number of nitrogens with one attached hydrogen (secondary N) is 1. The minimum atomic E-state index is 0. The molecule has 3 nitrogen and oxygen atoms in total. The zero-order valence-electron chi connectivity index (χ0n) is 2.99. The van der Waals surface area contributed by atoms with Crippen LogP contribution in [0.5, 0.6) is 0 Å². The number of hydrogen-bond donors (Lipinski definition) is 2. The van der Waals surface area contributed by atoms with E-state index in [4.69, 9.17) is 4.79 Å². The monoisotopic (exact) mass is 98.0 g/mol. The molecule has 0 aromatic heterocycles. The van der Waals surface area contributed by atoms with Crippen LogP contribution in [0.2, 0.25) is 0 Å². The van der Waals surface area contributed by atoms with Gasteiger partial charge in [-0.25, -0.2) is 0 Å². The predicted molar refractivity (Wildman–Crippen MR) is 13.0 cm³/mol. The van der Waals surface area contributed by atoms with Crippen molar-refractivity contribution in [2.75, 3.05) is 0 Å². The van der Waals surface area contributed by atoms with Gasteiger partial charge < -0.3 is 10.2 Å². The van der Waals surface area contributed by atoms with Gasteiger partial charge in [-0.2, -0.15) is 6.41 Å². The largest absolute Gasteiger partial charge is 1.00 e. The van der Waals surface area contributed by atoms with Crippen LogP contribution in [0.3, 0.4) is 0 Å². The topological polar surface area (TPSA) is 55.1 Å². The predicted octanol–water partition coefficient (Wildman–Crippen LogP) is -4.48. The molecular formula is CH3KN2O. The average molecular weight is 98.1 g/mol. The minimum Gasteiger partial charge on any atom is -0.519 e. The molecule has 0 rings (SSSR count). The Morgan fingerprint density at radius 2 is 2.00 bits per heavy atom. The van der Waals surface area contributed by atoms with Crippen molar-refractivity contribution >= 4 is 6.41 Å². The first-order chi connectivity index (χ1) is 1.91. The van der Waals surface area contributed by atoms with E-state index in [0.29, 0.717) is 0 Å². The SMILES string of the molecule is NN[C-]=O.[K+]. The van der Waals surface area contributed by atoms with E-state index in [0.717, 1.165) is 0 Å². The summed E-state index contributed by atoms with van der Waals surface area (Å²) in [4.78, 5) is 8.81. The molecule has 0 aliphatic heterocycles. The summed E-state index contributed by atoms with van der Waals surface area (Å²) in [6.45, 7) is 0. The van der Waals surface area contributed by atoms with Crippen molar-refractivity contribution < 1.29 is 56.2 Å². The Balaban J connectivity index is 0. The van der Waals surface area contributed by atoms with Crippen LogP contribution in [0.25, 0.3) is 0 Å². The Hall–Kier alpha value is 1.07. The smallest absolute Gasteiger partial charge is 0.519 e. The maximum atomic E-state index is 8.81. The Morgan fingerprint density at radius 3 is 2.00 bits per heavy atom. The van der Waals surface area contributed by atoms with E-state index < -0.39 is 0 Å². The first kappa shape index (κ1) is 9.42. The molecule has 0 spiro atoms. The Bertz CT molecular complexity index is 23.6. The third-order valence-electron chi connectivity index (χ3n) is 0.0589. The van der Waals surface area contributed by atoms with E-state index in [2.05, 4.69) is 5.84 Å². The standard InChI is InChI=1S/CH3N2O.K/c2-3-1-4;/h2H2,(H,3,4);/q-1;+1. The zero-order valence-corrected chi connectivity index (χ0v) is 6.11. The van der Waals surface area contributed by atoms with E-state index >= 15 is 0 Å². The number of nitrogens with two attached hydrogens (primary N) is 1. The molecule has 0 aromatic rings. The maximum Gasteiger partial charge on any atom is 1.00 e. The van der Waals surface area contributed by atoms with Gasteiger partial charge in [0, 0.05) is 0 Å². The van der Waals surface area contributed by atoms with E-state index in [9.17, 15) is 0 Å². The molecule has 0 fully saturated rings. The molecular weight excluding hydrogens is 95.1 g/mol. The summed E-state index contributed by atoms with van der Waals surface area (Å²) in [5.41, 5.74) is 1.62. The molecule has 4 heteroatoms. The second-order valence-electron chi connectivity index (χ2n) is 0.246. The van der Waals surface area contributed by atoms with Crippen LogP contribution >= 0.6 is 0 Å². The van der Waals surface area contributed by atoms with Gasteiger partial charge in [0.1, 0.15) is 0 Å². The molecule has 3 N–H and O–H groups in total. The second-order valence-corrected chi connectivity index (χ2v) is 0.246. The molecule has 5 heavy (non-hydrogen) atoms. The van der Waals surface area contributed by atoms with Crippen molar-refractivity contribution in [2.45, 2.75) is 0 Å². The van der Waals surface area contributed by atoms with Gasteiger partial charge >= 0.3 is 51.4 Å². The fourth-order valence-electron chi connectivity index (χ4n) is 0. The number of amides is 1. The van der Waals surface area contributed by atoms with Crippen molar-refractivity contribution in [3.05, 3.63) is 0 Å². The average Bonchev–Trinajstić information content (AvgIpc) is 1.37. The first-order valence-electron chi connectivity index (χ1n) is 0.743. The molecule has 0 saturated heterocycles. The molecule has 0 radical (unpaired) electrons. The molecule has 0 aromatic carbocycles. The van der Waals surface area contributed by atoms with E-state index in [1.165, 1.54) is 6.41 Å². The Morgan fingerprint density at radius 1 is 1.80 bits per heavy atom. The van der Waals surface area contributed by atoms with Gasteiger partial charge in [-0.3, -0.25) is 5.84 Å². The molecule has 1 amide bonds. The molecule has 0 atom stereocenters. The summed E-state index contributed by atoms with van der Waals surface area (Å²) in [6, 6.07) is 0. The van der Waals surface area contributed by atoms with Gasteiger partial charge in [0.2, 0.25) is 0 Å². The van der Waals surface area contributed by atoms with Crippen molar-refractivity contribution in [3.63, 3.8) is 0 Å². The van der Waals surface area contributed by atoms with Crippen molar-refractivity contribution in [3.8, 4) is 0 Å². The van der Waals surface area contributed by atoms with Crippen LogP contribution < -0.4 is 62.7 Å². The molecule has 24 valence electrons. The van der Waals surface area contributed by atoms with E-state index in [1.807, 2.05) is 0 Å². The van der Waals surface area contributed by atoms with Crippen LogP contribution in [-0.2, 0) is 4.79 Å². The summed E-state index contributed by atoms with van der Waals surface area (Å²) in [6.07, 6.45) is 1.21. The van der Waals surface area contributed by atoms with Crippen LogP contribution in [-0.4, -0.2) is 6.41 Å². The molecule has 0 saturated carbocycles. The van der Waals surface area contributed by atoms with Crippen LogP contribution in [0.1, 0.15) is 0 Å². The third kappa shape index (κ3) is 11.2. The summed E-state index contributed by atoms with van der Waals surface area (Å²) in [5.74, 6) is 4.35. The molecule has 0 unspecified atom stereocenters. The maximum absolute atomic E-state index is 8.81. The summed E-state index contributed by atoms with van der Waals surface area (Å²) in [7, 11) is 0. The van der Waals surface area contributed by atoms with Crippen molar-refractivity contribution in [1.29, 1.82) is 0 Å². The van der Waals surface area contributed by atoms with Crippen LogP contribution in [0.4, 0.5) is 0 Å². The van der Waals surface area contributed by atoms with E-state index in [-0.39, 0.29) is 51.4 Å². The normalized spacial score (nSPS) is 4.20. The Labute approximate surface area is 72.7 Å². The molecule has 0 heterocycles. The van der Waals surface area contributed by atoms with Gasteiger partial charge in [-0.15, -0.1) is 0 Å². The first-order valence-corrected chi connectivity index (χ1v) is 0.743. The van der Waals surface area contributed by atoms with Crippen LogP contribution in [0.15, 0.2) is 0 Å². The zero-order chi connectivity index (χ0) is 3.41. The van der Waals surface area contributed by atoms with Gasteiger partial charge in [-0.05, 0) is 0 Å². The molecule has 0 bridgehead atoms. The fourth-order valence-corrected chi connectivity index (χ4v) is 0. The fraction of sp³-hybridized carbons (Fsp3) is 0. The van der Waals surface area contributed by atoms with Crippen molar-refractivity contribution in [1.82, 2.24) is 5.43 Å². The number of rotatable bonds is 1. The minimum absolute atomic E-state index is 0. The number of hydrazine groups is 1. The summed E-state index contributed by atoms with van der Waals surface area (Å²) >= 11 is 0. The van der Waals surface area contributed by atoms with Gasteiger partial charge in [-0.1, -0.05) is 0 Å². The van der Waals surface area contributed by atoms with Crippen LogP contribution in [0, 0.1) is 0 Å². The quantitative estimate of drug-likeness (QED) is 0.0867. The summed E-state index contributed by atoms with van der Waals surface area (Å²) < 4.78 is 0.